The normalized spacial score (nSPS) is 17.6. The molecule has 1 saturated heterocycles. The van der Waals surface area contributed by atoms with Crippen LogP contribution in [0.5, 0.6) is 0 Å². The van der Waals surface area contributed by atoms with Crippen LogP contribution in [-0.2, 0) is 0 Å². The fraction of sp³-hybridized carbons (Fsp3) is 0.417. The second kappa shape index (κ2) is 4.45. The number of hydrogen-bond acceptors (Lipinski definition) is 3. The molecule has 1 fully saturated rings. The Bertz CT molecular complexity index is 354. The summed E-state index contributed by atoms with van der Waals surface area (Å²) < 4.78 is 0. The van der Waals surface area contributed by atoms with Gasteiger partial charge in [0.2, 0.25) is 0 Å². The average molecular weight is 203 g/mol. The molecule has 1 aliphatic heterocycles. The number of aromatic nitrogens is 1. The quantitative estimate of drug-likeness (QED) is 0.769. The summed E-state index contributed by atoms with van der Waals surface area (Å²) in [4.78, 5) is 4.10. The van der Waals surface area contributed by atoms with Crippen LogP contribution in [0.3, 0.4) is 0 Å². The van der Waals surface area contributed by atoms with Crippen LogP contribution in [0.15, 0.2) is 24.9 Å². The molecule has 0 aromatic carbocycles. The third-order valence-corrected chi connectivity index (χ3v) is 3.02. The number of nitrogens with one attached hydrogen (secondary N) is 1. The Morgan fingerprint density at radius 2 is 2.20 bits per heavy atom. The van der Waals surface area contributed by atoms with E-state index in [9.17, 15) is 0 Å². The highest BCUT2D eigenvalue weighted by Gasteiger charge is 2.18. The summed E-state index contributed by atoms with van der Waals surface area (Å²) >= 11 is 0. The standard InChI is InChI=1S/C12H17N3/c1-9(10-4-7-14-8-5-10)11-3-2-6-15-12(11)13/h2-3,6,10,14H,1,4-5,7-8H2,(H2,13,15). The van der Waals surface area contributed by atoms with E-state index in [1.165, 1.54) is 0 Å². The van der Waals surface area contributed by atoms with Gasteiger partial charge < -0.3 is 11.1 Å². The molecule has 0 spiro atoms. The fourth-order valence-corrected chi connectivity index (χ4v) is 2.08. The van der Waals surface area contributed by atoms with E-state index in [1.54, 1.807) is 6.20 Å². The van der Waals surface area contributed by atoms with Crippen molar-refractivity contribution in [3.05, 3.63) is 30.5 Å². The third-order valence-electron chi connectivity index (χ3n) is 3.02. The molecule has 0 radical (unpaired) electrons. The Morgan fingerprint density at radius 3 is 2.87 bits per heavy atom. The first-order valence-electron chi connectivity index (χ1n) is 5.39. The van der Waals surface area contributed by atoms with Gasteiger partial charge in [0.05, 0.1) is 0 Å². The van der Waals surface area contributed by atoms with Crippen molar-refractivity contribution in [2.24, 2.45) is 5.92 Å². The van der Waals surface area contributed by atoms with Crippen LogP contribution in [-0.4, -0.2) is 18.1 Å². The molecule has 1 aliphatic rings. The van der Waals surface area contributed by atoms with E-state index >= 15 is 0 Å². The summed E-state index contributed by atoms with van der Waals surface area (Å²) in [5.41, 5.74) is 8.00. The summed E-state index contributed by atoms with van der Waals surface area (Å²) in [5, 5.41) is 3.35. The lowest BCUT2D eigenvalue weighted by molar-refractivity contribution is 0.447. The van der Waals surface area contributed by atoms with Crippen molar-refractivity contribution in [1.29, 1.82) is 0 Å². The first kappa shape index (κ1) is 10.2. The van der Waals surface area contributed by atoms with Crippen molar-refractivity contribution in [2.75, 3.05) is 18.8 Å². The first-order chi connectivity index (χ1) is 7.29. The molecule has 0 bridgehead atoms. The lowest BCUT2D eigenvalue weighted by Gasteiger charge is -2.25. The monoisotopic (exact) mass is 203 g/mol. The number of nitrogens with two attached hydrogens (primary N) is 1. The third kappa shape index (κ3) is 2.18. The zero-order valence-electron chi connectivity index (χ0n) is 8.87. The second-order valence-electron chi connectivity index (χ2n) is 3.99. The highest BCUT2D eigenvalue weighted by atomic mass is 14.9. The smallest absolute Gasteiger partial charge is 0.130 e. The zero-order valence-corrected chi connectivity index (χ0v) is 8.87. The summed E-state index contributed by atoms with van der Waals surface area (Å²) in [7, 11) is 0. The van der Waals surface area contributed by atoms with E-state index in [2.05, 4.69) is 16.9 Å². The summed E-state index contributed by atoms with van der Waals surface area (Å²) in [5.74, 6) is 1.15. The van der Waals surface area contributed by atoms with Crippen molar-refractivity contribution in [3.8, 4) is 0 Å². The lowest BCUT2D eigenvalue weighted by Crippen LogP contribution is -2.28. The molecule has 3 N–H and O–H groups in total. The minimum absolute atomic E-state index is 0.553. The van der Waals surface area contributed by atoms with Crippen LogP contribution in [0.4, 0.5) is 5.82 Å². The summed E-state index contributed by atoms with van der Waals surface area (Å²) in [6.07, 6.45) is 4.01. The highest BCUT2D eigenvalue weighted by molar-refractivity contribution is 5.72. The van der Waals surface area contributed by atoms with Gasteiger partial charge in [-0.25, -0.2) is 4.98 Å². The average Bonchev–Trinajstić information content (AvgIpc) is 2.30. The maximum absolute atomic E-state index is 5.84. The van der Waals surface area contributed by atoms with Crippen molar-refractivity contribution < 1.29 is 0 Å². The predicted molar refractivity (Wildman–Crippen MR) is 63.3 cm³/mol. The van der Waals surface area contributed by atoms with Gasteiger partial charge in [0, 0.05) is 11.8 Å². The number of rotatable bonds is 2. The number of hydrogen-bond donors (Lipinski definition) is 2. The molecular formula is C12H17N3. The molecule has 3 heteroatoms. The van der Waals surface area contributed by atoms with Gasteiger partial charge in [0.15, 0.2) is 0 Å². The molecule has 3 nitrogen and oxygen atoms in total. The van der Waals surface area contributed by atoms with Crippen LogP contribution >= 0.6 is 0 Å². The van der Waals surface area contributed by atoms with Gasteiger partial charge in [-0.1, -0.05) is 6.58 Å². The van der Waals surface area contributed by atoms with Gasteiger partial charge in [-0.05, 0) is 49.6 Å². The van der Waals surface area contributed by atoms with E-state index in [0.29, 0.717) is 11.7 Å². The van der Waals surface area contributed by atoms with Crippen LogP contribution in [0.1, 0.15) is 18.4 Å². The molecule has 2 heterocycles. The van der Waals surface area contributed by atoms with Crippen molar-refractivity contribution in [2.45, 2.75) is 12.8 Å². The minimum atomic E-state index is 0.553. The Morgan fingerprint density at radius 1 is 1.47 bits per heavy atom. The highest BCUT2D eigenvalue weighted by Crippen LogP contribution is 2.30. The number of piperidine rings is 1. The maximum Gasteiger partial charge on any atom is 0.130 e. The Labute approximate surface area is 90.4 Å². The largest absolute Gasteiger partial charge is 0.383 e. The number of pyridine rings is 1. The predicted octanol–water partition coefficient (Wildman–Crippen LogP) is 1.68. The van der Waals surface area contributed by atoms with E-state index in [-0.39, 0.29) is 0 Å². The molecule has 15 heavy (non-hydrogen) atoms. The molecule has 0 amide bonds. The van der Waals surface area contributed by atoms with Gasteiger partial charge in [0.1, 0.15) is 5.82 Å². The Balaban J connectivity index is 2.16. The van der Waals surface area contributed by atoms with Crippen molar-refractivity contribution in [1.82, 2.24) is 10.3 Å². The molecule has 1 aromatic rings. The lowest BCUT2D eigenvalue weighted by atomic mass is 9.87. The van der Waals surface area contributed by atoms with Crippen LogP contribution in [0.25, 0.3) is 5.57 Å². The topological polar surface area (TPSA) is 50.9 Å². The minimum Gasteiger partial charge on any atom is -0.383 e. The van der Waals surface area contributed by atoms with Gasteiger partial charge >= 0.3 is 0 Å². The van der Waals surface area contributed by atoms with E-state index in [1.807, 2.05) is 12.1 Å². The van der Waals surface area contributed by atoms with Crippen LogP contribution in [0.2, 0.25) is 0 Å². The SMILES string of the molecule is C=C(c1cccnc1N)C1CCNCC1. The van der Waals surface area contributed by atoms with E-state index in [0.717, 1.165) is 37.1 Å². The van der Waals surface area contributed by atoms with Crippen LogP contribution in [0, 0.1) is 5.92 Å². The number of nitrogens with zero attached hydrogens (tertiary/aromatic N) is 1. The van der Waals surface area contributed by atoms with Gasteiger partial charge in [-0.2, -0.15) is 0 Å². The molecule has 0 aliphatic carbocycles. The number of anilines is 1. The molecule has 2 rings (SSSR count). The molecule has 1 aromatic heterocycles. The number of nitrogen functional groups attached to an aromatic ring is 1. The Kier molecular flexibility index (Phi) is 3.02. The van der Waals surface area contributed by atoms with E-state index < -0.39 is 0 Å². The molecular weight excluding hydrogens is 186 g/mol. The fourth-order valence-electron chi connectivity index (χ4n) is 2.08. The number of allylic oxidation sites excluding steroid dienone is 1. The first-order valence-corrected chi connectivity index (χ1v) is 5.39. The van der Waals surface area contributed by atoms with Crippen LogP contribution < -0.4 is 11.1 Å². The molecule has 0 unspecified atom stereocenters. The molecule has 0 atom stereocenters. The molecule has 80 valence electrons. The van der Waals surface area contributed by atoms with Gasteiger partial charge in [-0.3, -0.25) is 0 Å². The second-order valence-corrected chi connectivity index (χ2v) is 3.99. The van der Waals surface area contributed by atoms with Gasteiger partial charge in [-0.15, -0.1) is 0 Å². The summed E-state index contributed by atoms with van der Waals surface area (Å²) in [6, 6.07) is 3.92. The van der Waals surface area contributed by atoms with E-state index in [4.69, 9.17) is 5.73 Å². The zero-order chi connectivity index (χ0) is 10.7. The molecule has 0 saturated carbocycles. The van der Waals surface area contributed by atoms with Crippen molar-refractivity contribution >= 4 is 11.4 Å². The van der Waals surface area contributed by atoms with Gasteiger partial charge in [0.25, 0.3) is 0 Å². The maximum atomic E-state index is 5.84. The summed E-state index contributed by atoms with van der Waals surface area (Å²) in [6.45, 7) is 6.31. The Hall–Kier alpha value is -1.35. The van der Waals surface area contributed by atoms with Crippen molar-refractivity contribution in [3.63, 3.8) is 0 Å².